The van der Waals surface area contributed by atoms with E-state index in [1.165, 1.54) is 35.6 Å². The zero-order chi connectivity index (χ0) is 25.3. The first-order valence-corrected chi connectivity index (χ1v) is 12.5. The van der Waals surface area contributed by atoms with Crippen LogP contribution in [0.1, 0.15) is 30.9 Å². The first-order chi connectivity index (χ1) is 17.3. The number of anilines is 1. The van der Waals surface area contributed by atoms with Crippen molar-refractivity contribution in [2.75, 3.05) is 5.32 Å². The second-order valence-corrected chi connectivity index (χ2v) is 10.2. The van der Waals surface area contributed by atoms with E-state index < -0.39 is 11.3 Å². The maximum Gasteiger partial charge on any atom is 0.232 e. The van der Waals surface area contributed by atoms with Crippen molar-refractivity contribution in [3.05, 3.63) is 119 Å². The number of nitrogens with one attached hydrogen (secondary N) is 1. The Kier molecular flexibility index (Phi) is 6.37. The van der Waals surface area contributed by atoms with E-state index in [0.29, 0.717) is 5.13 Å². The highest BCUT2D eigenvalue weighted by Gasteiger charge is 2.39. The Balaban J connectivity index is 1.43. The van der Waals surface area contributed by atoms with E-state index >= 15 is 0 Å². The summed E-state index contributed by atoms with van der Waals surface area (Å²) in [5.41, 5.74) is 2.33. The van der Waals surface area contributed by atoms with Gasteiger partial charge in [-0.3, -0.25) is 4.79 Å². The molecule has 3 nitrogen and oxygen atoms in total. The van der Waals surface area contributed by atoms with Crippen LogP contribution in [-0.2, 0) is 4.79 Å². The number of halogens is 2. The first-order valence-electron chi connectivity index (χ1n) is 11.6. The van der Waals surface area contributed by atoms with E-state index in [4.69, 9.17) is 0 Å². The molecule has 36 heavy (non-hydrogen) atoms. The number of hydrogen-bond acceptors (Lipinski definition) is 3. The summed E-state index contributed by atoms with van der Waals surface area (Å²) in [6.45, 7) is 3.66. The molecule has 0 aliphatic rings. The van der Waals surface area contributed by atoms with Crippen LogP contribution >= 0.6 is 11.3 Å². The first kappa shape index (κ1) is 23.8. The Bertz CT molecular complexity index is 1480. The van der Waals surface area contributed by atoms with Crippen LogP contribution in [0.25, 0.3) is 22.0 Å². The van der Waals surface area contributed by atoms with Crippen LogP contribution in [0.3, 0.4) is 0 Å². The Morgan fingerprint density at radius 1 is 0.833 bits per heavy atom. The lowest BCUT2D eigenvalue weighted by molar-refractivity contribution is -0.124. The largest absolute Gasteiger partial charge is 0.301 e. The van der Waals surface area contributed by atoms with Gasteiger partial charge in [0.25, 0.3) is 0 Å². The maximum atomic E-state index is 13.6. The van der Waals surface area contributed by atoms with E-state index in [1.54, 1.807) is 24.3 Å². The van der Waals surface area contributed by atoms with Crippen LogP contribution < -0.4 is 5.32 Å². The van der Waals surface area contributed by atoms with Gasteiger partial charge < -0.3 is 5.32 Å². The molecule has 1 N–H and O–H groups in total. The Morgan fingerprint density at radius 2 is 1.42 bits per heavy atom. The third kappa shape index (κ3) is 4.77. The predicted molar refractivity (Wildman–Crippen MR) is 142 cm³/mol. The number of aromatic nitrogens is 1. The highest BCUT2D eigenvalue weighted by atomic mass is 32.1. The highest BCUT2D eigenvalue weighted by molar-refractivity contribution is 7.14. The second kappa shape index (κ2) is 9.63. The zero-order valence-corrected chi connectivity index (χ0v) is 20.7. The number of nitrogens with zero attached hydrogens (tertiary/aromatic N) is 1. The summed E-state index contributed by atoms with van der Waals surface area (Å²) in [6.07, 6.45) is 0. The number of carbonyl (C=O) groups is 1. The van der Waals surface area contributed by atoms with Crippen molar-refractivity contribution >= 4 is 33.1 Å². The zero-order valence-electron chi connectivity index (χ0n) is 19.8. The fourth-order valence-corrected chi connectivity index (χ4v) is 5.25. The van der Waals surface area contributed by atoms with Crippen LogP contribution in [0.4, 0.5) is 13.9 Å². The predicted octanol–water partition coefficient (Wildman–Crippen LogP) is 8.04. The van der Waals surface area contributed by atoms with Crippen LogP contribution in [0.15, 0.2) is 96.4 Å². The molecule has 5 aromatic rings. The topological polar surface area (TPSA) is 42.0 Å². The molecule has 0 saturated carbocycles. The average molecular weight is 499 g/mol. The molecular weight excluding hydrogens is 474 g/mol. The van der Waals surface area contributed by atoms with Gasteiger partial charge in [-0.2, -0.15) is 0 Å². The monoisotopic (exact) mass is 498 g/mol. The van der Waals surface area contributed by atoms with Gasteiger partial charge in [0.1, 0.15) is 11.6 Å². The standard InChI is InChI=1S/C30H24F2N2OS/c1-30(2,27(20-9-13-24(31)14-10-20)21-11-15-25(32)16-12-21)28(35)34-29-33-26(18-36-29)23-8-7-19-5-3-4-6-22(19)17-23/h3-18,27H,1-2H3,(H,33,34,35). The van der Waals surface area contributed by atoms with Gasteiger partial charge in [0.05, 0.1) is 11.1 Å². The summed E-state index contributed by atoms with van der Waals surface area (Å²) in [5.74, 6) is -1.38. The molecule has 0 radical (unpaired) electrons. The molecule has 0 spiro atoms. The molecule has 0 atom stereocenters. The van der Waals surface area contributed by atoms with Crippen molar-refractivity contribution in [3.63, 3.8) is 0 Å². The number of benzene rings is 4. The number of amides is 1. The highest BCUT2D eigenvalue weighted by Crippen LogP contribution is 2.42. The lowest BCUT2D eigenvalue weighted by atomic mass is 9.70. The Morgan fingerprint density at radius 3 is 2.03 bits per heavy atom. The summed E-state index contributed by atoms with van der Waals surface area (Å²) < 4.78 is 27.3. The average Bonchev–Trinajstić information content (AvgIpc) is 3.34. The summed E-state index contributed by atoms with van der Waals surface area (Å²) >= 11 is 1.36. The lowest BCUT2D eigenvalue weighted by Gasteiger charge is -2.33. The Labute approximate surface area is 212 Å². The van der Waals surface area contributed by atoms with Gasteiger partial charge in [-0.05, 0) is 52.2 Å². The van der Waals surface area contributed by atoms with E-state index in [0.717, 1.165) is 33.2 Å². The van der Waals surface area contributed by atoms with Crippen LogP contribution in [0, 0.1) is 17.0 Å². The van der Waals surface area contributed by atoms with Crippen molar-refractivity contribution in [3.8, 4) is 11.3 Å². The summed E-state index contributed by atoms with van der Waals surface area (Å²) in [6, 6.07) is 26.4. The smallest absolute Gasteiger partial charge is 0.232 e. The van der Waals surface area contributed by atoms with E-state index in [2.05, 4.69) is 34.6 Å². The van der Waals surface area contributed by atoms with Crippen molar-refractivity contribution in [2.24, 2.45) is 5.41 Å². The number of thiazole rings is 1. The minimum atomic E-state index is -0.954. The SMILES string of the molecule is CC(C)(C(=O)Nc1nc(-c2ccc3ccccc3c2)cs1)C(c1ccc(F)cc1)c1ccc(F)cc1. The molecule has 1 heterocycles. The third-order valence-electron chi connectivity index (χ3n) is 6.48. The van der Waals surface area contributed by atoms with Crippen molar-refractivity contribution in [2.45, 2.75) is 19.8 Å². The molecule has 0 aliphatic heterocycles. The molecule has 5 rings (SSSR count). The van der Waals surface area contributed by atoms with Crippen LogP contribution in [-0.4, -0.2) is 10.9 Å². The van der Waals surface area contributed by atoms with E-state index in [-0.39, 0.29) is 17.5 Å². The minimum absolute atomic E-state index is 0.236. The third-order valence-corrected chi connectivity index (χ3v) is 7.24. The number of hydrogen-bond donors (Lipinski definition) is 1. The molecule has 1 aromatic heterocycles. The molecule has 0 fully saturated rings. The van der Waals surface area contributed by atoms with Gasteiger partial charge in [-0.15, -0.1) is 11.3 Å². The van der Waals surface area contributed by atoms with Crippen LogP contribution in [0.2, 0.25) is 0 Å². The molecule has 6 heteroatoms. The summed E-state index contributed by atoms with van der Waals surface area (Å²) in [7, 11) is 0. The number of rotatable bonds is 6. The van der Waals surface area contributed by atoms with Gasteiger partial charge in [0, 0.05) is 16.9 Å². The Hall–Kier alpha value is -3.90. The number of carbonyl (C=O) groups excluding carboxylic acids is 1. The van der Waals surface area contributed by atoms with E-state index in [9.17, 15) is 13.6 Å². The summed E-state index contributed by atoms with van der Waals surface area (Å²) in [5, 5.41) is 7.66. The molecule has 0 unspecified atom stereocenters. The molecule has 0 saturated heterocycles. The fourth-order valence-electron chi connectivity index (χ4n) is 4.54. The molecular formula is C30H24F2N2OS. The van der Waals surface area contributed by atoms with Crippen molar-refractivity contribution < 1.29 is 13.6 Å². The normalized spacial score (nSPS) is 11.7. The number of fused-ring (bicyclic) bond motifs is 1. The van der Waals surface area contributed by atoms with E-state index in [1.807, 2.05) is 37.4 Å². The van der Waals surface area contributed by atoms with Gasteiger partial charge in [0.15, 0.2) is 5.13 Å². The van der Waals surface area contributed by atoms with Crippen LogP contribution in [0.5, 0.6) is 0 Å². The second-order valence-electron chi connectivity index (χ2n) is 9.31. The van der Waals surface area contributed by atoms with Gasteiger partial charge in [-0.25, -0.2) is 13.8 Å². The van der Waals surface area contributed by atoms with Gasteiger partial charge in [0.2, 0.25) is 5.91 Å². The van der Waals surface area contributed by atoms with Gasteiger partial charge >= 0.3 is 0 Å². The summed E-state index contributed by atoms with van der Waals surface area (Å²) in [4.78, 5) is 18.2. The van der Waals surface area contributed by atoms with Gasteiger partial charge in [-0.1, -0.05) is 74.5 Å². The molecule has 0 bridgehead atoms. The molecule has 1 amide bonds. The van der Waals surface area contributed by atoms with Crippen molar-refractivity contribution in [1.82, 2.24) is 4.98 Å². The minimum Gasteiger partial charge on any atom is -0.301 e. The fraction of sp³-hybridized carbons (Fsp3) is 0.133. The molecule has 0 aliphatic carbocycles. The maximum absolute atomic E-state index is 13.6. The molecule has 4 aromatic carbocycles. The van der Waals surface area contributed by atoms with Crippen molar-refractivity contribution in [1.29, 1.82) is 0 Å². The quantitative estimate of drug-likeness (QED) is 0.257. The molecule has 180 valence electrons. The lowest BCUT2D eigenvalue weighted by Crippen LogP contribution is -2.37.